The van der Waals surface area contributed by atoms with Crippen molar-refractivity contribution < 1.29 is 14.1 Å². The third-order valence-corrected chi connectivity index (χ3v) is 6.67. The largest absolute Gasteiger partial charge is 0.355 e. The van der Waals surface area contributed by atoms with E-state index in [4.69, 9.17) is 4.52 Å². The van der Waals surface area contributed by atoms with Gasteiger partial charge in [0.05, 0.1) is 6.04 Å². The molecule has 4 atom stereocenters. The number of fused-ring (bicyclic) bond motifs is 4. The lowest BCUT2D eigenvalue weighted by Gasteiger charge is -2.54. The number of nitrogens with zero attached hydrogens (tertiary/aromatic N) is 2. The van der Waals surface area contributed by atoms with Crippen LogP contribution in [0.4, 0.5) is 0 Å². The predicted molar refractivity (Wildman–Crippen MR) is 114 cm³/mol. The maximum atomic E-state index is 12.7. The first-order chi connectivity index (χ1) is 14.2. The molecule has 3 saturated heterocycles. The molecule has 3 aliphatic rings. The molecule has 0 spiro atoms. The summed E-state index contributed by atoms with van der Waals surface area (Å²) in [6.45, 7) is 2.34. The highest BCUT2D eigenvalue weighted by atomic mass is 35.5. The van der Waals surface area contributed by atoms with Crippen molar-refractivity contribution in [3.05, 3.63) is 42.1 Å². The van der Waals surface area contributed by atoms with Gasteiger partial charge >= 0.3 is 0 Å². The van der Waals surface area contributed by atoms with Crippen LogP contribution >= 0.6 is 12.4 Å². The molecule has 0 unspecified atom stereocenters. The molecule has 160 valence electrons. The molecule has 8 heteroatoms. The maximum Gasteiger partial charge on any atom is 0.273 e. The Morgan fingerprint density at radius 1 is 1.23 bits per heavy atom. The fourth-order valence-electron chi connectivity index (χ4n) is 5.31. The highest BCUT2D eigenvalue weighted by molar-refractivity contribution is 5.93. The number of aromatic nitrogens is 1. The molecule has 30 heavy (non-hydrogen) atoms. The van der Waals surface area contributed by atoms with E-state index in [0.717, 1.165) is 37.9 Å². The summed E-state index contributed by atoms with van der Waals surface area (Å²) in [6, 6.07) is 11.6. The van der Waals surface area contributed by atoms with Gasteiger partial charge in [0.1, 0.15) is 0 Å². The van der Waals surface area contributed by atoms with Crippen LogP contribution in [0.2, 0.25) is 0 Å². The van der Waals surface area contributed by atoms with E-state index in [9.17, 15) is 9.59 Å². The number of piperidine rings is 3. The van der Waals surface area contributed by atoms with Crippen LogP contribution < -0.4 is 10.6 Å². The molecule has 2 aromatic rings. The van der Waals surface area contributed by atoms with Gasteiger partial charge in [-0.25, -0.2) is 0 Å². The first kappa shape index (κ1) is 20.9. The summed E-state index contributed by atoms with van der Waals surface area (Å²) >= 11 is 0. The molecule has 1 aromatic carbocycles. The van der Waals surface area contributed by atoms with Gasteiger partial charge in [-0.05, 0) is 37.6 Å². The second-order valence-electron chi connectivity index (χ2n) is 8.39. The lowest BCUT2D eigenvalue weighted by molar-refractivity contribution is -0.148. The van der Waals surface area contributed by atoms with Gasteiger partial charge in [0.15, 0.2) is 11.5 Å². The zero-order chi connectivity index (χ0) is 19.8. The molecule has 7 nitrogen and oxygen atoms in total. The highest BCUT2D eigenvalue weighted by Gasteiger charge is 2.47. The molecular formula is C22H27ClN4O3. The molecule has 2 amide bonds. The summed E-state index contributed by atoms with van der Waals surface area (Å²) in [4.78, 5) is 27.5. The quantitative estimate of drug-likeness (QED) is 0.778. The van der Waals surface area contributed by atoms with Crippen LogP contribution in [0.5, 0.6) is 0 Å². The Morgan fingerprint density at radius 3 is 2.87 bits per heavy atom. The van der Waals surface area contributed by atoms with Gasteiger partial charge in [-0.1, -0.05) is 35.5 Å². The fourth-order valence-corrected chi connectivity index (χ4v) is 5.31. The van der Waals surface area contributed by atoms with Crippen molar-refractivity contribution in [3.63, 3.8) is 0 Å². The van der Waals surface area contributed by atoms with E-state index in [2.05, 4.69) is 20.7 Å². The van der Waals surface area contributed by atoms with Gasteiger partial charge in [0.25, 0.3) is 5.91 Å². The van der Waals surface area contributed by atoms with E-state index in [0.29, 0.717) is 36.6 Å². The Bertz CT molecular complexity index is 903. The molecule has 0 aliphatic carbocycles. The molecule has 0 radical (unpaired) electrons. The third kappa shape index (κ3) is 3.84. The molecule has 2 N–H and O–H groups in total. The van der Waals surface area contributed by atoms with Gasteiger partial charge in [0, 0.05) is 37.2 Å². The van der Waals surface area contributed by atoms with Gasteiger partial charge in [0.2, 0.25) is 5.91 Å². The van der Waals surface area contributed by atoms with Crippen molar-refractivity contribution in [3.8, 4) is 11.3 Å². The average molecular weight is 431 g/mol. The summed E-state index contributed by atoms with van der Waals surface area (Å²) in [5.41, 5.74) is 1.15. The number of carbonyl (C=O) groups excluding carboxylic acids is 2. The highest BCUT2D eigenvalue weighted by Crippen LogP contribution is 2.39. The van der Waals surface area contributed by atoms with Crippen molar-refractivity contribution in [1.29, 1.82) is 0 Å². The van der Waals surface area contributed by atoms with Gasteiger partial charge < -0.3 is 20.1 Å². The number of benzene rings is 1. The molecule has 3 aliphatic heterocycles. The zero-order valence-electron chi connectivity index (χ0n) is 16.8. The topological polar surface area (TPSA) is 87.5 Å². The Balaban J connectivity index is 0.00000218. The second-order valence-corrected chi connectivity index (χ2v) is 8.39. The predicted octanol–water partition coefficient (Wildman–Crippen LogP) is 2.48. The zero-order valence-corrected chi connectivity index (χ0v) is 17.6. The minimum atomic E-state index is -0.261. The maximum absolute atomic E-state index is 12.7. The van der Waals surface area contributed by atoms with E-state index in [1.54, 1.807) is 6.07 Å². The van der Waals surface area contributed by atoms with Crippen LogP contribution in [0.25, 0.3) is 11.3 Å². The monoisotopic (exact) mass is 430 g/mol. The Hall–Kier alpha value is -2.38. The standard InChI is InChI=1S/C22H26N4O3.ClH/c27-21-8-4-7-18-15-9-16(12-23-11-15)19(26(18)21)13-24-22(28)17-10-20(29-25-17)14-5-2-1-3-6-14;/h1-3,5-6,10,15-16,18-19,23H,4,7-9,11-13H2,(H,24,28);1H/t15-,16+,18+,19+;/m1./s1. The lowest BCUT2D eigenvalue weighted by atomic mass is 9.72. The van der Waals surface area contributed by atoms with Crippen LogP contribution in [0.15, 0.2) is 40.9 Å². The number of hydrogen-bond acceptors (Lipinski definition) is 5. The van der Waals surface area contributed by atoms with Crippen molar-refractivity contribution >= 4 is 24.2 Å². The van der Waals surface area contributed by atoms with Crippen molar-refractivity contribution in [2.75, 3.05) is 19.6 Å². The van der Waals surface area contributed by atoms with E-state index in [-0.39, 0.29) is 36.0 Å². The molecular weight excluding hydrogens is 404 g/mol. The van der Waals surface area contributed by atoms with Gasteiger partial charge in [-0.15, -0.1) is 12.4 Å². The van der Waals surface area contributed by atoms with E-state index in [1.807, 2.05) is 30.3 Å². The summed E-state index contributed by atoms with van der Waals surface area (Å²) < 4.78 is 5.35. The van der Waals surface area contributed by atoms with Crippen LogP contribution in [-0.2, 0) is 4.79 Å². The Morgan fingerprint density at radius 2 is 2.03 bits per heavy atom. The first-order valence-electron chi connectivity index (χ1n) is 10.5. The number of hydrogen-bond donors (Lipinski definition) is 2. The number of nitrogens with one attached hydrogen (secondary N) is 2. The average Bonchev–Trinajstić information content (AvgIpc) is 3.25. The fraction of sp³-hybridized carbons (Fsp3) is 0.500. The van der Waals surface area contributed by atoms with Crippen LogP contribution in [0.1, 0.15) is 36.2 Å². The van der Waals surface area contributed by atoms with Crippen molar-refractivity contribution in [1.82, 2.24) is 20.7 Å². The number of amides is 2. The number of carbonyl (C=O) groups is 2. The summed E-state index contributed by atoms with van der Waals surface area (Å²) in [5.74, 6) is 1.46. The molecule has 5 rings (SSSR count). The Labute approximate surface area is 182 Å². The molecule has 1 aromatic heterocycles. The normalized spacial score (nSPS) is 27.7. The summed E-state index contributed by atoms with van der Waals surface area (Å²) in [6.07, 6.45) is 3.79. The second kappa shape index (κ2) is 8.78. The summed E-state index contributed by atoms with van der Waals surface area (Å²) in [5, 5.41) is 10.5. The minimum Gasteiger partial charge on any atom is -0.355 e. The number of halogens is 1. The third-order valence-electron chi connectivity index (χ3n) is 6.67. The molecule has 0 saturated carbocycles. The number of rotatable bonds is 4. The van der Waals surface area contributed by atoms with Crippen LogP contribution in [0, 0.1) is 11.8 Å². The smallest absolute Gasteiger partial charge is 0.273 e. The first-order valence-corrected chi connectivity index (χ1v) is 10.5. The van der Waals surface area contributed by atoms with E-state index in [1.165, 1.54) is 0 Å². The van der Waals surface area contributed by atoms with Crippen molar-refractivity contribution in [2.45, 2.75) is 37.8 Å². The van der Waals surface area contributed by atoms with Gasteiger partial charge in [-0.3, -0.25) is 9.59 Å². The van der Waals surface area contributed by atoms with E-state index < -0.39 is 0 Å². The van der Waals surface area contributed by atoms with Crippen molar-refractivity contribution in [2.24, 2.45) is 11.8 Å². The molecule has 4 heterocycles. The Kier molecular flexibility index (Phi) is 6.11. The lowest BCUT2D eigenvalue weighted by Crippen LogP contribution is -2.66. The SMILES string of the molecule is Cl.O=C(NC[C@H]1[C@@H]2CNC[C@@H](C2)[C@@H]2CCCC(=O)N21)c1cc(-c2ccccc2)on1. The van der Waals surface area contributed by atoms with Crippen LogP contribution in [-0.4, -0.2) is 53.6 Å². The molecule has 3 fully saturated rings. The van der Waals surface area contributed by atoms with E-state index >= 15 is 0 Å². The summed E-state index contributed by atoms with van der Waals surface area (Å²) in [7, 11) is 0. The minimum absolute atomic E-state index is 0. The van der Waals surface area contributed by atoms with Crippen LogP contribution in [0.3, 0.4) is 0 Å². The molecule has 2 bridgehead atoms. The van der Waals surface area contributed by atoms with Gasteiger partial charge in [-0.2, -0.15) is 0 Å².